The van der Waals surface area contributed by atoms with Crippen LogP contribution in [0.25, 0.3) is 5.65 Å². The number of carbonyl (C=O) groups is 1. The third-order valence-electron chi connectivity index (χ3n) is 5.09. The molecule has 0 unspecified atom stereocenters. The summed E-state index contributed by atoms with van der Waals surface area (Å²) in [5.74, 6) is 0.0518. The van der Waals surface area contributed by atoms with Crippen LogP contribution in [0.5, 0.6) is 0 Å². The lowest BCUT2D eigenvalue weighted by molar-refractivity contribution is -0.132. The molecule has 6 nitrogen and oxygen atoms in total. The van der Waals surface area contributed by atoms with Crippen LogP contribution in [0, 0.1) is 0 Å². The SMILES string of the molecule is O=C(Cc1ccc(Cl)cc1Cl)N1CCN(Cc2cc(=O)n3ccccc3n2)CC1. The summed E-state index contributed by atoms with van der Waals surface area (Å²) in [7, 11) is 0. The van der Waals surface area contributed by atoms with Crippen molar-refractivity contribution in [2.75, 3.05) is 26.2 Å². The Hall–Kier alpha value is -2.41. The zero-order chi connectivity index (χ0) is 20.4. The smallest absolute Gasteiger partial charge is 0.258 e. The number of hydrogen-bond donors (Lipinski definition) is 0. The molecule has 1 fully saturated rings. The van der Waals surface area contributed by atoms with Crippen LogP contribution in [-0.4, -0.2) is 51.3 Å². The van der Waals surface area contributed by atoms with Gasteiger partial charge in [0, 0.05) is 55.0 Å². The summed E-state index contributed by atoms with van der Waals surface area (Å²) >= 11 is 12.1. The Labute approximate surface area is 178 Å². The fraction of sp³-hybridized carbons (Fsp3) is 0.286. The van der Waals surface area contributed by atoms with Gasteiger partial charge in [0.1, 0.15) is 5.65 Å². The molecule has 4 rings (SSSR count). The molecule has 3 aromatic rings. The minimum atomic E-state index is -0.0840. The number of aromatic nitrogens is 2. The van der Waals surface area contributed by atoms with E-state index < -0.39 is 0 Å². The quantitative estimate of drug-likeness (QED) is 0.638. The van der Waals surface area contributed by atoms with Crippen molar-refractivity contribution in [3.63, 3.8) is 0 Å². The second kappa shape index (κ2) is 8.53. The lowest BCUT2D eigenvalue weighted by Gasteiger charge is -2.34. The summed E-state index contributed by atoms with van der Waals surface area (Å²) in [6, 6.07) is 12.3. The van der Waals surface area contributed by atoms with Gasteiger partial charge in [-0.2, -0.15) is 0 Å². The predicted octanol–water partition coefficient (Wildman–Crippen LogP) is 2.89. The topological polar surface area (TPSA) is 57.9 Å². The molecule has 0 atom stereocenters. The highest BCUT2D eigenvalue weighted by Crippen LogP contribution is 2.22. The summed E-state index contributed by atoms with van der Waals surface area (Å²) in [6.45, 7) is 3.32. The van der Waals surface area contributed by atoms with Gasteiger partial charge in [-0.1, -0.05) is 35.3 Å². The number of benzene rings is 1. The Morgan fingerprint density at radius 3 is 2.59 bits per heavy atom. The van der Waals surface area contributed by atoms with Crippen LogP contribution in [0.2, 0.25) is 10.0 Å². The summed E-state index contributed by atoms with van der Waals surface area (Å²) in [4.78, 5) is 33.5. The number of nitrogens with zero attached hydrogens (tertiary/aromatic N) is 4. The molecule has 0 spiro atoms. The third-order valence-corrected chi connectivity index (χ3v) is 5.68. The second-order valence-electron chi connectivity index (χ2n) is 7.08. The van der Waals surface area contributed by atoms with Gasteiger partial charge in [-0.05, 0) is 29.8 Å². The second-order valence-corrected chi connectivity index (χ2v) is 7.93. The summed E-state index contributed by atoms with van der Waals surface area (Å²) in [5.41, 5.74) is 2.08. The minimum absolute atomic E-state index is 0.0518. The molecule has 1 aliphatic heterocycles. The fourth-order valence-electron chi connectivity index (χ4n) is 3.51. The van der Waals surface area contributed by atoms with E-state index in [-0.39, 0.29) is 17.9 Å². The van der Waals surface area contributed by atoms with Crippen molar-refractivity contribution in [1.29, 1.82) is 0 Å². The molecule has 0 radical (unpaired) electrons. The van der Waals surface area contributed by atoms with Gasteiger partial charge in [-0.25, -0.2) is 4.98 Å². The Kier molecular flexibility index (Phi) is 5.85. The van der Waals surface area contributed by atoms with Gasteiger partial charge < -0.3 is 4.90 Å². The lowest BCUT2D eigenvalue weighted by atomic mass is 10.1. The minimum Gasteiger partial charge on any atom is -0.340 e. The highest BCUT2D eigenvalue weighted by molar-refractivity contribution is 6.35. The van der Waals surface area contributed by atoms with Crippen LogP contribution in [0.3, 0.4) is 0 Å². The van der Waals surface area contributed by atoms with Gasteiger partial charge in [0.05, 0.1) is 12.1 Å². The molecular formula is C21H20Cl2N4O2. The summed E-state index contributed by atoms with van der Waals surface area (Å²) in [6.07, 6.45) is 1.98. The van der Waals surface area contributed by atoms with E-state index in [1.54, 1.807) is 30.5 Å². The molecule has 150 valence electrons. The van der Waals surface area contributed by atoms with Crippen molar-refractivity contribution in [3.8, 4) is 0 Å². The lowest BCUT2D eigenvalue weighted by Crippen LogP contribution is -2.48. The van der Waals surface area contributed by atoms with E-state index in [1.165, 1.54) is 4.40 Å². The van der Waals surface area contributed by atoms with Gasteiger partial charge in [0.2, 0.25) is 5.91 Å². The van der Waals surface area contributed by atoms with Crippen LogP contribution in [-0.2, 0) is 17.8 Å². The molecule has 29 heavy (non-hydrogen) atoms. The van der Waals surface area contributed by atoms with Gasteiger partial charge >= 0.3 is 0 Å². The summed E-state index contributed by atoms with van der Waals surface area (Å²) < 4.78 is 1.53. The van der Waals surface area contributed by atoms with Crippen LogP contribution in [0.4, 0.5) is 0 Å². The predicted molar refractivity (Wildman–Crippen MR) is 113 cm³/mol. The summed E-state index contributed by atoms with van der Waals surface area (Å²) in [5, 5.41) is 1.07. The van der Waals surface area contributed by atoms with Gasteiger partial charge in [-0.15, -0.1) is 0 Å². The number of pyridine rings is 1. The van der Waals surface area contributed by atoms with Crippen molar-refractivity contribution >= 4 is 34.8 Å². The number of piperazine rings is 1. The molecule has 0 saturated carbocycles. The first-order chi connectivity index (χ1) is 14.0. The maximum absolute atomic E-state index is 12.6. The molecule has 2 aromatic heterocycles. The van der Waals surface area contributed by atoms with Crippen molar-refractivity contribution in [1.82, 2.24) is 19.2 Å². The number of fused-ring (bicyclic) bond motifs is 1. The molecule has 8 heteroatoms. The first-order valence-electron chi connectivity index (χ1n) is 9.41. The van der Waals surface area contributed by atoms with Gasteiger partial charge in [0.15, 0.2) is 0 Å². The van der Waals surface area contributed by atoms with Crippen LogP contribution in [0.15, 0.2) is 53.5 Å². The van der Waals surface area contributed by atoms with Crippen molar-refractivity contribution in [2.45, 2.75) is 13.0 Å². The standard InChI is InChI=1S/C21H20Cl2N4O2/c22-16-5-4-15(18(23)12-16)11-20(28)26-9-7-25(8-10-26)14-17-13-21(29)27-6-2-1-3-19(27)24-17/h1-6,12-13H,7-11,14H2. The molecule has 1 aliphatic rings. The normalized spacial score (nSPS) is 15.0. The molecule has 0 aliphatic carbocycles. The van der Waals surface area contributed by atoms with Crippen molar-refractivity contribution < 1.29 is 4.79 Å². The number of hydrogen-bond acceptors (Lipinski definition) is 4. The average Bonchev–Trinajstić information content (AvgIpc) is 2.71. The van der Waals surface area contributed by atoms with Crippen LogP contribution >= 0.6 is 23.2 Å². The Morgan fingerprint density at radius 1 is 1.03 bits per heavy atom. The maximum atomic E-state index is 12.6. The van der Waals surface area contributed by atoms with E-state index >= 15 is 0 Å². The van der Waals surface area contributed by atoms with Crippen molar-refractivity contribution in [2.24, 2.45) is 0 Å². The molecule has 3 heterocycles. The zero-order valence-electron chi connectivity index (χ0n) is 15.7. The highest BCUT2D eigenvalue weighted by Gasteiger charge is 2.22. The van der Waals surface area contributed by atoms with E-state index in [9.17, 15) is 9.59 Å². The average molecular weight is 431 g/mol. The fourth-order valence-corrected chi connectivity index (χ4v) is 3.98. The maximum Gasteiger partial charge on any atom is 0.258 e. The number of amides is 1. The zero-order valence-corrected chi connectivity index (χ0v) is 17.2. The van der Waals surface area contributed by atoms with E-state index in [0.717, 1.165) is 24.3 Å². The molecule has 1 saturated heterocycles. The molecule has 0 N–H and O–H groups in total. The Balaban J connectivity index is 1.36. The number of rotatable bonds is 4. The highest BCUT2D eigenvalue weighted by atomic mass is 35.5. The molecule has 1 amide bonds. The first kappa shape index (κ1) is 19.9. The number of carbonyl (C=O) groups excluding carboxylic acids is 1. The Bertz CT molecular complexity index is 1110. The van der Waals surface area contributed by atoms with E-state index in [4.69, 9.17) is 23.2 Å². The molecular weight excluding hydrogens is 411 g/mol. The van der Waals surface area contributed by atoms with E-state index in [1.807, 2.05) is 23.1 Å². The molecule has 0 bridgehead atoms. The monoisotopic (exact) mass is 430 g/mol. The third kappa shape index (κ3) is 4.61. The van der Waals surface area contributed by atoms with Gasteiger partial charge in [0.25, 0.3) is 5.56 Å². The molecule has 1 aromatic carbocycles. The van der Waals surface area contributed by atoms with Crippen molar-refractivity contribution in [3.05, 3.63) is 80.3 Å². The largest absolute Gasteiger partial charge is 0.340 e. The van der Waals surface area contributed by atoms with E-state index in [2.05, 4.69) is 9.88 Å². The van der Waals surface area contributed by atoms with Crippen LogP contribution < -0.4 is 5.56 Å². The van der Waals surface area contributed by atoms with Gasteiger partial charge in [-0.3, -0.25) is 18.9 Å². The van der Waals surface area contributed by atoms with E-state index in [0.29, 0.717) is 35.3 Å². The first-order valence-corrected chi connectivity index (χ1v) is 10.2. The number of halogens is 2. The van der Waals surface area contributed by atoms with Crippen LogP contribution in [0.1, 0.15) is 11.3 Å². The Morgan fingerprint density at radius 2 is 1.83 bits per heavy atom.